The fourth-order valence-corrected chi connectivity index (χ4v) is 1.80. The maximum atomic E-state index is 12.0. The minimum atomic E-state index is -1.02. The summed E-state index contributed by atoms with van der Waals surface area (Å²) in [4.78, 5) is 26.3. The maximum Gasteiger partial charge on any atom is 0.335 e. The van der Waals surface area contributed by atoms with Crippen molar-refractivity contribution in [3.8, 4) is 0 Å². The summed E-state index contributed by atoms with van der Waals surface area (Å²) in [5, 5.41) is 8.92. The lowest BCUT2D eigenvalue weighted by Gasteiger charge is -2.26. The molecule has 0 aliphatic heterocycles. The monoisotopic (exact) mass is 279 g/mol. The number of nitrogens with zero attached hydrogens (tertiary/aromatic N) is 2. The summed E-state index contributed by atoms with van der Waals surface area (Å²) in [6.07, 6.45) is 0. The van der Waals surface area contributed by atoms with Gasteiger partial charge in [-0.25, -0.2) is 4.79 Å². The Balaban J connectivity index is 2.95. The molecule has 3 N–H and O–H groups in total. The fraction of sp³-hybridized carbons (Fsp3) is 0.429. The summed E-state index contributed by atoms with van der Waals surface area (Å²) < 4.78 is 0. The number of anilines is 2. The molecule has 0 aliphatic rings. The average molecular weight is 279 g/mol. The zero-order chi connectivity index (χ0) is 15.3. The van der Waals surface area contributed by atoms with Crippen LogP contribution in [-0.4, -0.2) is 48.6 Å². The Morgan fingerprint density at radius 3 is 2.35 bits per heavy atom. The number of likely N-dealkylation sites (N-methyl/N-ethyl adjacent to an activating group) is 2. The van der Waals surface area contributed by atoms with Crippen molar-refractivity contribution in [2.24, 2.45) is 0 Å². The first-order valence-corrected chi connectivity index (χ1v) is 6.52. The smallest absolute Gasteiger partial charge is 0.335 e. The first-order valence-electron chi connectivity index (χ1n) is 6.52. The molecule has 0 heterocycles. The van der Waals surface area contributed by atoms with E-state index in [0.29, 0.717) is 24.5 Å². The summed E-state index contributed by atoms with van der Waals surface area (Å²) in [5.74, 6) is -1.02. The molecule has 110 valence electrons. The van der Waals surface area contributed by atoms with Crippen LogP contribution in [0.25, 0.3) is 0 Å². The van der Waals surface area contributed by atoms with Crippen molar-refractivity contribution < 1.29 is 14.7 Å². The van der Waals surface area contributed by atoms with Crippen molar-refractivity contribution in [1.82, 2.24) is 4.90 Å². The Hall–Kier alpha value is -2.24. The molecule has 0 fully saturated rings. The molecule has 0 radical (unpaired) electrons. The van der Waals surface area contributed by atoms with Gasteiger partial charge in [0.15, 0.2) is 0 Å². The lowest BCUT2D eigenvalue weighted by molar-refractivity contribution is -0.128. The molecular formula is C14H21N3O3. The van der Waals surface area contributed by atoms with Crippen LogP contribution in [0.4, 0.5) is 11.4 Å². The number of carbonyl (C=O) groups excluding carboxylic acids is 1. The summed E-state index contributed by atoms with van der Waals surface area (Å²) in [5.41, 5.74) is 7.06. The van der Waals surface area contributed by atoms with Gasteiger partial charge in [-0.05, 0) is 32.0 Å². The van der Waals surface area contributed by atoms with Crippen molar-refractivity contribution >= 4 is 23.3 Å². The van der Waals surface area contributed by atoms with Gasteiger partial charge in [-0.2, -0.15) is 0 Å². The Bertz CT molecular complexity index is 502. The van der Waals surface area contributed by atoms with Crippen LogP contribution < -0.4 is 10.6 Å². The van der Waals surface area contributed by atoms with Crippen molar-refractivity contribution in [2.75, 3.05) is 37.3 Å². The van der Waals surface area contributed by atoms with Gasteiger partial charge in [0.25, 0.3) is 0 Å². The Labute approximate surface area is 118 Å². The zero-order valence-corrected chi connectivity index (χ0v) is 12.1. The highest BCUT2D eigenvalue weighted by Gasteiger charge is 2.16. The molecule has 0 unspecified atom stereocenters. The number of hydrogen-bond donors (Lipinski definition) is 2. The number of nitrogens with two attached hydrogens (primary N) is 1. The van der Waals surface area contributed by atoms with E-state index in [1.54, 1.807) is 18.0 Å². The summed E-state index contributed by atoms with van der Waals surface area (Å²) in [6, 6.07) is 4.54. The highest BCUT2D eigenvalue weighted by molar-refractivity contribution is 5.91. The number of carboxylic acid groups (broad SMARTS) is 1. The van der Waals surface area contributed by atoms with E-state index in [4.69, 9.17) is 10.8 Å². The molecule has 1 amide bonds. The van der Waals surface area contributed by atoms with E-state index in [2.05, 4.69) is 0 Å². The van der Waals surface area contributed by atoms with Crippen molar-refractivity contribution in [2.45, 2.75) is 13.8 Å². The van der Waals surface area contributed by atoms with Crippen LogP contribution in [0, 0.1) is 0 Å². The predicted octanol–water partition coefficient (Wildman–Crippen LogP) is 1.27. The minimum Gasteiger partial charge on any atom is -0.478 e. The largest absolute Gasteiger partial charge is 0.478 e. The SMILES string of the molecule is CCN(C)C(=O)CN(CC)c1ccc(C(=O)O)cc1N. The number of rotatable bonds is 6. The molecule has 1 rings (SSSR count). The molecule has 0 spiro atoms. The second kappa shape index (κ2) is 6.79. The number of aromatic carboxylic acids is 1. The molecule has 0 aromatic heterocycles. The molecule has 0 bridgehead atoms. The summed E-state index contributed by atoms with van der Waals surface area (Å²) in [6.45, 7) is 5.30. The molecule has 6 heteroatoms. The van der Waals surface area contributed by atoms with Gasteiger partial charge in [0, 0.05) is 20.1 Å². The Morgan fingerprint density at radius 1 is 1.25 bits per heavy atom. The van der Waals surface area contributed by atoms with Crippen LogP contribution in [0.5, 0.6) is 0 Å². The molecule has 0 atom stereocenters. The van der Waals surface area contributed by atoms with Crippen molar-refractivity contribution in [3.05, 3.63) is 23.8 Å². The van der Waals surface area contributed by atoms with Gasteiger partial charge in [0.1, 0.15) is 0 Å². The van der Waals surface area contributed by atoms with Gasteiger partial charge >= 0.3 is 5.97 Å². The lowest BCUT2D eigenvalue weighted by Crippen LogP contribution is -2.38. The third kappa shape index (κ3) is 3.63. The maximum absolute atomic E-state index is 12.0. The topological polar surface area (TPSA) is 86.9 Å². The number of amides is 1. The van der Waals surface area contributed by atoms with Gasteiger partial charge in [-0.1, -0.05) is 0 Å². The fourth-order valence-electron chi connectivity index (χ4n) is 1.80. The Kier molecular flexibility index (Phi) is 5.37. The molecular weight excluding hydrogens is 258 g/mol. The average Bonchev–Trinajstić information content (AvgIpc) is 2.43. The molecule has 0 saturated heterocycles. The molecule has 0 saturated carbocycles. The van der Waals surface area contributed by atoms with Crippen molar-refractivity contribution in [3.63, 3.8) is 0 Å². The summed E-state index contributed by atoms with van der Waals surface area (Å²) >= 11 is 0. The van der Waals surface area contributed by atoms with E-state index >= 15 is 0 Å². The van der Waals surface area contributed by atoms with Gasteiger partial charge in [-0.15, -0.1) is 0 Å². The van der Waals surface area contributed by atoms with Crippen LogP contribution in [-0.2, 0) is 4.79 Å². The van der Waals surface area contributed by atoms with E-state index in [1.807, 2.05) is 18.7 Å². The van der Waals surface area contributed by atoms with Crippen LogP contribution in [0.2, 0.25) is 0 Å². The van der Waals surface area contributed by atoms with Crippen molar-refractivity contribution in [1.29, 1.82) is 0 Å². The van der Waals surface area contributed by atoms with E-state index in [9.17, 15) is 9.59 Å². The van der Waals surface area contributed by atoms with E-state index < -0.39 is 5.97 Å². The number of carboxylic acids is 1. The van der Waals surface area contributed by atoms with Crippen LogP contribution >= 0.6 is 0 Å². The third-order valence-corrected chi connectivity index (χ3v) is 3.22. The predicted molar refractivity (Wildman–Crippen MR) is 79.0 cm³/mol. The number of carbonyl (C=O) groups is 2. The molecule has 6 nitrogen and oxygen atoms in total. The minimum absolute atomic E-state index is 0.00365. The number of nitrogen functional groups attached to an aromatic ring is 1. The van der Waals surface area contributed by atoms with Gasteiger partial charge in [-0.3, -0.25) is 4.79 Å². The lowest BCUT2D eigenvalue weighted by atomic mass is 10.1. The highest BCUT2D eigenvalue weighted by atomic mass is 16.4. The van der Waals surface area contributed by atoms with Crippen LogP contribution in [0.15, 0.2) is 18.2 Å². The van der Waals surface area contributed by atoms with E-state index in [0.717, 1.165) is 0 Å². The molecule has 1 aromatic carbocycles. The standard InChI is InChI=1S/C14H21N3O3/c1-4-16(3)13(18)9-17(5-2)12-7-6-10(14(19)20)8-11(12)15/h6-8H,4-5,9,15H2,1-3H3,(H,19,20). The first-order chi connectivity index (χ1) is 9.40. The van der Waals surface area contributed by atoms with Gasteiger partial charge < -0.3 is 20.6 Å². The van der Waals surface area contributed by atoms with E-state index in [-0.39, 0.29) is 18.0 Å². The van der Waals surface area contributed by atoms with Gasteiger partial charge in [0.05, 0.1) is 23.5 Å². The molecule has 20 heavy (non-hydrogen) atoms. The second-order valence-corrected chi connectivity index (χ2v) is 4.50. The second-order valence-electron chi connectivity index (χ2n) is 4.50. The highest BCUT2D eigenvalue weighted by Crippen LogP contribution is 2.24. The number of hydrogen-bond acceptors (Lipinski definition) is 4. The van der Waals surface area contributed by atoms with E-state index in [1.165, 1.54) is 12.1 Å². The third-order valence-electron chi connectivity index (χ3n) is 3.22. The quantitative estimate of drug-likeness (QED) is 0.766. The van der Waals surface area contributed by atoms with Crippen LogP contribution in [0.1, 0.15) is 24.2 Å². The number of benzene rings is 1. The normalized spacial score (nSPS) is 10.2. The van der Waals surface area contributed by atoms with Crippen LogP contribution in [0.3, 0.4) is 0 Å². The molecule has 1 aromatic rings. The van der Waals surface area contributed by atoms with Gasteiger partial charge in [0.2, 0.25) is 5.91 Å². The Morgan fingerprint density at radius 2 is 1.90 bits per heavy atom. The first kappa shape index (κ1) is 15.8. The molecule has 0 aliphatic carbocycles. The summed E-state index contributed by atoms with van der Waals surface area (Å²) in [7, 11) is 1.74. The zero-order valence-electron chi connectivity index (χ0n) is 12.1.